The first kappa shape index (κ1) is 28.4. The topological polar surface area (TPSA) is 48.0 Å². The molecule has 0 aliphatic carbocycles. The summed E-state index contributed by atoms with van der Waals surface area (Å²) in [6.07, 6.45) is 9.15. The fourth-order valence-corrected chi connectivity index (χ4v) is 4.99. The maximum atomic E-state index is 12.6. The summed E-state index contributed by atoms with van der Waals surface area (Å²) in [4.78, 5) is 15.1. The highest BCUT2D eigenvalue weighted by atomic mass is 16.7. The smallest absolute Gasteiger partial charge is 0.307 e. The number of hydrogen-bond acceptors (Lipinski definition) is 5. The Balaban J connectivity index is 1.59. The van der Waals surface area contributed by atoms with Gasteiger partial charge in [-0.15, -0.1) is 0 Å². The van der Waals surface area contributed by atoms with Crippen molar-refractivity contribution >= 4 is 5.97 Å². The van der Waals surface area contributed by atoms with E-state index in [1.165, 1.54) is 17.5 Å². The molecule has 0 bridgehead atoms. The minimum absolute atomic E-state index is 0.00118. The molecule has 198 valence electrons. The van der Waals surface area contributed by atoms with Gasteiger partial charge in [-0.3, -0.25) is 9.69 Å². The lowest BCUT2D eigenvalue weighted by Gasteiger charge is -2.37. The van der Waals surface area contributed by atoms with Crippen molar-refractivity contribution in [1.82, 2.24) is 4.90 Å². The largest absolute Gasteiger partial charge is 0.466 e. The summed E-state index contributed by atoms with van der Waals surface area (Å²) in [7, 11) is 0. The van der Waals surface area contributed by atoms with E-state index in [4.69, 9.17) is 14.2 Å². The summed E-state index contributed by atoms with van der Waals surface area (Å²) in [6, 6.07) is 21.5. The predicted octanol–water partition coefficient (Wildman–Crippen LogP) is 7.07. The van der Waals surface area contributed by atoms with Gasteiger partial charge in [-0.1, -0.05) is 79.9 Å². The van der Waals surface area contributed by atoms with E-state index in [0.717, 1.165) is 64.7 Å². The van der Waals surface area contributed by atoms with Gasteiger partial charge in [0.15, 0.2) is 6.29 Å². The quantitative estimate of drug-likeness (QED) is 0.184. The first-order valence-electron chi connectivity index (χ1n) is 13.9. The highest BCUT2D eigenvalue weighted by Gasteiger charge is 2.27. The summed E-state index contributed by atoms with van der Waals surface area (Å²) in [5.41, 5.74) is 2.53. The van der Waals surface area contributed by atoms with Crippen molar-refractivity contribution in [3.8, 4) is 0 Å². The minimum atomic E-state index is -0.110. The molecule has 3 atom stereocenters. The molecular weight excluding hydrogens is 450 g/mol. The molecule has 3 rings (SSSR count). The molecule has 0 spiro atoms. The molecule has 0 amide bonds. The third kappa shape index (κ3) is 10.0. The molecule has 2 aromatic carbocycles. The lowest BCUT2D eigenvalue weighted by atomic mass is 9.97. The molecule has 1 fully saturated rings. The first-order valence-corrected chi connectivity index (χ1v) is 13.9. The van der Waals surface area contributed by atoms with E-state index in [-0.39, 0.29) is 24.3 Å². The van der Waals surface area contributed by atoms with Crippen LogP contribution in [0.2, 0.25) is 0 Å². The second-order valence-electron chi connectivity index (χ2n) is 9.78. The van der Waals surface area contributed by atoms with Gasteiger partial charge in [0.2, 0.25) is 0 Å². The van der Waals surface area contributed by atoms with Crippen LogP contribution in [0.4, 0.5) is 0 Å². The van der Waals surface area contributed by atoms with Gasteiger partial charge in [0.25, 0.3) is 0 Å². The average Bonchev–Trinajstić information content (AvgIpc) is 2.92. The van der Waals surface area contributed by atoms with Crippen LogP contribution in [0.1, 0.15) is 88.8 Å². The van der Waals surface area contributed by atoms with Crippen molar-refractivity contribution in [1.29, 1.82) is 0 Å². The number of esters is 1. The first-order chi connectivity index (χ1) is 17.7. The molecule has 1 saturated heterocycles. The summed E-state index contributed by atoms with van der Waals surface area (Å²) >= 11 is 0. The molecule has 0 radical (unpaired) electrons. The van der Waals surface area contributed by atoms with Gasteiger partial charge in [0, 0.05) is 31.8 Å². The van der Waals surface area contributed by atoms with Gasteiger partial charge in [0.1, 0.15) is 0 Å². The Morgan fingerprint density at radius 3 is 2.42 bits per heavy atom. The molecule has 0 aromatic heterocycles. The molecule has 0 N–H and O–H groups in total. The molecule has 5 heteroatoms. The standard InChI is InChI=1S/C31H45NO4/c1-3-34-30(33)24-29(20-12-4-5-14-22-35-31-21-13-15-23-36-31)32(25-27-16-8-6-9-17-27)26(2)28-18-10-7-11-19-28/h6-11,16-19,26,29,31H,3-5,12-15,20-25H2,1-2H3/t26-,29+,31?/m0/s1. The van der Waals surface area contributed by atoms with Crippen LogP contribution < -0.4 is 0 Å². The van der Waals surface area contributed by atoms with Crippen molar-refractivity contribution < 1.29 is 19.0 Å². The van der Waals surface area contributed by atoms with E-state index in [1.807, 2.05) is 6.92 Å². The molecular formula is C31H45NO4. The average molecular weight is 496 g/mol. The fourth-order valence-electron chi connectivity index (χ4n) is 4.99. The lowest BCUT2D eigenvalue weighted by Crippen LogP contribution is -2.39. The van der Waals surface area contributed by atoms with E-state index in [0.29, 0.717) is 13.0 Å². The summed E-state index contributed by atoms with van der Waals surface area (Å²) in [6.45, 7) is 6.94. The SMILES string of the molecule is CCOC(=O)C[C@@H](CCCCCCOC1CCCCO1)N(Cc1ccccc1)[C@@H](C)c1ccccc1. The maximum Gasteiger partial charge on any atom is 0.307 e. The van der Waals surface area contributed by atoms with Crippen LogP contribution in [0.5, 0.6) is 0 Å². The summed E-state index contributed by atoms with van der Waals surface area (Å²) < 4.78 is 16.9. The van der Waals surface area contributed by atoms with Crippen molar-refractivity contribution in [3.05, 3.63) is 71.8 Å². The molecule has 1 aliphatic rings. The number of ether oxygens (including phenoxy) is 3. The Kier molecular flexibility index (Phi) is 13.0. The van der Waals surface area contributed by atoms with Crippen molar-refractivity contribution in [2.24, 2.45) is 0 Å². The number of carbonyl (C=O) groups is 1. The van der Waals surface area contributed by atoms with Crippen LogP contribution in [-0.4, -0.2) is 43.0 Å². The number of benzene rings is 2. The van der Waals surface area contributed by atoms with Crippen LogP contribution in [0.15, 0.2) is 60.7 Å². The molecule has 1 aliphatic heterocycles. The van der Waals surface area contributed by atoms with E-state index < -0.39 is 0 Å². The Bertz CT molecular complexity index is 838. The van der Waals surface area contributed by atoms with E-state index in [2.05, 4.69) is 72.5 Å². The third-order valence-corrected chi connectivity index (χ3v) is 7.04. The number of carbonyl (C=O) groups excluding carboxylic acids is 1. The fraction of sp³-hybridized carbons (Fsp3) is 0.581. The van der Waals surface area contributed by atoms with Gasteiger partial charge in [-0.25, -0.2) is 0 Å². The van der Waals surface area contributed by atoms with Crippen LogP contribution in [0, 0.1) is 0 Å². The number of hydrogen-bond donors (Lipinski definition) is 0. The van der Waals surface area contributed by atoms with Gasteiger partial charge in [0.05, 0.1) is 13.0 Å². The number of nitrogens with zero attached hydrogens (tertiary/aromatic N) is 1. The van der Waals surface area contributed by atoms with E-state index in [9.17, 15) is 4.79 Å². The third-order valence-electron chi connectivity index (χ3n) is 7.04. The number of unbranched alkanes of at least 4 members (excludes halogenated alkanes) is 3. The zero-order valence-corrected chi connectivity index (χ0v) is 22.3. The molecule has 2 aromatic rings. The Labute approximate surface area is 218 Å². The maximum absolute atomic E-state index is 12.6. The van der Waals surface area contributed by atoms with Crippen molar-refractivity contribution in [2.45, 2.75) is 96.6 Å². The van der Waals surface area contributed by atoms with Crippen LogP contribution in [0.3, 0.4) is 0 Å². The minimum Gasteiger partial charge on any atom is -0.466 e. The van der Waals surface area contributed by atoms with Gasteiger partial charge in [-0.05, 0) is 57.1 Å². The lowest BCUT2D eigenvalue weighted by molar-refractivity contribution is -0.162. The normalized spacial score (nSPS) is 17.6. The Morgan fingerprint density at radius 2 is 1.72 bits per heavy atom. The monoisotopic (exact) mass is 495 g/mol. The van der Waals surface area contributed by atoms with Gasteiger partial charge in [-0.2, -0.15) is 0 Å². The number of rotatable bonds is 16. The van der Waals surface area contributed by atoms with Crippen LogP contribution in [0.25, 0.3) is 0 Å². The zero-order chi connectivity index (χ0) is 25.4. The van der Waals surface area contributed by atoms with Crippen molar-refractivity contribution in [3.63, 3.8) is 0 Å². The summed E-state index contributed by atoms with van der Waals surface area (Å²) in [5.74, 6) is -0.110. The van der Waals surface area contributed by atoms with Crippen LogP contribution >= 0.6 is 0 Å². The second kappa shape index (κ2) is 16.5. The highest BCUT2D eigenvalue weighted by molar-refractivity contribution is 5.70. The highest BCUT2D eigenvalue weighted by Crippen LogP contribution is 2.29. The second-order valence-corrected chi connectivity index (χ2v) is 9.78. The zero-order valence-electron chi connectivity index (χ0n) is 22.3. The molecule has 1 unspecified atom stereocenters. The Hall–Kier alpha value is -2.21. The van der Waals surface area contributed by atoms with Crippen molar-refractivity contribution in [2.75, 3.05) is 19.8 Å². The summed E-state index contributed by atoms with van der Waals surface area (Å²) in [5, 5.41) is 0. The van der Waals surface area contributed by atoms with Gasteiger partial charge < -0.3 is 14.2 Å². The van der Waals surface area contributed by atoms with Gasteiger partial charge >= 0.3 is 5.97 Å². The molecule has 5 nitrogen and oxygen atoms in total. The van der Waals surface area contributed by atoms with Crippen LogP contribution in [-0.2, 0) is 25.5 Å². The Morgan fingerprint density at radius 1 is 1.00 bits per heavy atom. The molecule has 1 heterocycles. The molecule has 36 heavy (non-hydrogen) atoms. The van der Waals surface area contributed by atoms with E-state index in [1.54, 1.807) is 0 Å². The molecule has 0 saturated carbocycles. The van der Waals surface area contributed by atoms with E-state index >= 15 is 0 Å². The predicted molar refractivity (Wildman–Crippen MR) is 145 cm³/mol.